The first-order valence-electron chi connectivity index (χ1n) is 9.24. The maximum Gasteiger partial charge on any atom is 0.338 e. The summed E-state index contributed by atoms with van der Waals surface area (Å²) in [5.74, 6) is -0.626. The van der Waals surface area contributed by atoms with Crippen molar-refractivity contribution >= 4 is 44.8 Å². The lowest BCUT2D eigenvalue weighted by Crippen LogP contribution is -2.15. The van der Waals surface area contributed by atoms with Crippen molar-refractivity contribution in [3.63, 3.8) is 0 Å². The van der Waals surface area contributed by atoms with Crippen molar-refractivity contribution in [2.24, 2.45) is 0 Å². The number of nitrogens with zero attached hydrogens (tertiary/aromatic N) is 2. The van der Waals surface area contributed by atoms with Crippen molar-refractivity contribution in [3.8, 4) is 0 Å². The van der Waals surface area contributed by atoms with Crippen molar-refractivity contribution < 1.29 is 18.7 Å². The molecule has 0 fully saturated rings. The minimum Gasteiger partial charge on any atom is -0.462 e. The third-order valence-electron chi connectivity index (χ3n) is 4.95. The van der Waals surface area contributed by atoms with E-state index in [1.165, 1.54) is 6.39 Å². The van der Waals surface area contributed by atoms with Crippen LogP contribution in [0.3, 0.4) is 0 Å². The SMILES string of the molecule is O=C(OCCC(=O)n1c2ccccc2c2ccccc21)c1ccc2ncoc2c1. The summed E-state index contributed by atoms with van der Waals surface area (Å²) in [7, 11) is 0. The molecule has 142 valence electrons. The largest absolute Gasteiger partial charge is 0.462 e. The number of hydrogen-bond acceptors (Lipinski definition) is 5. The zero-order chi connectivity index (χ0) is 19.8. The van der Waals surface area contributed by atoms with Gasteiger partial charge in [-0.1, -0.05) is 36.4 Å². The van der Waals surface area contributed by atoms with Crippen LogP contribution in [0.15, 0.2) is 77.5 Å². The fourth-order valence-electron chi connectivity index (χ4n) is 3.60. The standard InChI is InChI=1S/C23H16N2O4/c26-22(11-12-28-23(27)15-9-10-18-21(13-15)29-14-24-18)25-19-7-3-1-5-16(19)17-6-2-4-8-20(17)25/h1-10,13-14H,11-12H2. The number of esters is 1. The fraction of sp³-hybridized carbons (Fsp3) is 0.0870. The summed E-state index contributed by atoms with van der Waals surface area (Å²) in [6.45, 7) is -0.00700. The molecule has 0 atom stereocenters. The third kappa shape index (κ3) is 2.95. The van der Waals surface area contributed by atoms with Crippen molar-refractivity contribution in [2.75, 3.05) is 6.61 Å². The summed E-state index contributed by atoms with van der Waals surface area (Å²) in [6.07, 6.45) is 1.41. The van der Waals surface area contributed by atoms with E-state index in [0.29, 0.717) is 16.7 Å². The summed E-state index contributed by atoms with van der Waals surface area (Å²) in [5, 5.41) is 2.04. The van der Waals surface area contributed by atoms with E-state index >= 15 is 0 Å². The van der Waals surface area contributed by atoms with E-state index in [2.05, 4.69) is 4.98 Å². The zero-order valence-electron chi connectivity index (χ0n) is 15.4. The van der Waals surface area contributed by atoms with Crippen molar-refractivity contribution in [3.05, 3.63) is 78.7 Å². The van der Waals surface area contributed by atoms with Crippen LogP contribution < -0.4 is 0 Å². The van der Waals surface area contributed by atoms with Gasteiger partial charge in [0.05, 0.1) is 23.0 Å². The number of ether oxygens (including phenoxy) is 1. The predicted octanol–water partition coefficient (Wildman–Crippen LogP) is 4.82. The number of oxazole rings is 1. The molecule has 2 heterocycles. The van der Waals surface area contributed by atoms with Gasteiger partial charge in [0.2, 0.25) is 5.91 Å². The van der Waals surface area contributed by atoms with E-state index in [1.54, 1.807) is 22.8 Å². The number of benzene rings is 3. The molecule has 0 bridgehead atoms. The Kier molecular flexibility index (Phi) is 4.09. The average molecular weight is 384 g/mol. The minimum absolute atomic E-state index is 0.00700. The number of aromatic nitrogens is 2. The van der Waals surface area contributed by atoms with Gasteiger partial charge in [-0.2, -0.15) is 0 Å². The van der Waals surface area contributed by atoms with Gasteiger partial charge in [0.15, 0.2) is 12.0 Å². The molecule has 0 saturated heterocycles. The van der Waals surface area contributed by atoms with Crippen LogP contribution >= 0.6 is 0 Å². The van der Waals surface area contributed by atoms with Crippen LogP contribution in [0.5, 0.6) is 0 Å². The number of rotatable bonds is 4. The summed E-state index contributed by atoms with van der Waals surface area (Å²) in [5.41, 5.74) is 3.24. The lowest BCUT2D eigenvalue weighted by Gasteiger charge is -2.07. The van der Waals surface area contributed by atoms with Crippen LogP contribution in [-0.4, -0.2) is 28.0 Å². The molecule has 6 nitrogen and oxygen atoms in total. The quantitative estimate of drug-likeness (QED) is 0.415. The molecule has 0 spiro atoms. The van der Waals surface area contributed by atoms with Crippen molar-refractivity contribution in [1.29, 1.82) is 0 Å². The fourth-order valence-corrected chi connectivity index (χ4v) is 3.60. The highest BCUT2D eigenvalue weighted by atomic mass is 16.5. The van der Waals surface area contributed by atoms with E-state index in [9.17, 15) is 9.59 Å². The van der Waals surface area contributed by atoms with E-state index in [0.717, 1.165) is 21.8 Å². The molecular formula is C23H16N2O4. The number of carbonyl (C=O) groups is 2. The molecule has 0 radical (unpaired) electrons. The van der Waals surface area contributed by atoms with E-state index in [1.807, 2.05) is 48.5 Å². The molecular weight excluding hydrogens is 368 g/mol. The molecule has 0 unspecified atom stereocenters. The molecule has 3 aromatic carbocycles. The Bertz CT molecular complexity index is 1330. The number of para-hydroxylation sites is 2. The summed E-state index contributed by atoms with van der Waals surface area (Å²) < 4.78 is 12.2. The summed E-state index contributed by atoms with van der Waals surface area (Å²) >= 11 is 0. The van der Waals surface area contributed by atoms with Gasteiger partial charge in [-0.25, -0.2) is 9.78 Å². The Balaban J connectivity index is 1.35. The van der Waals surface area contributed by atoms with Gasteiger partial charge >= 0.3 is 5.97 Å². The molecule has 0 aliphatic carbocycles. The normalized spacial score (nSPS) is 11.3. The highest BCUT2D eigenvalue weighted by Gasteiger charge is 2.16. The van der Waals surface area contributed by atoms with Crippen LogP contribution in [0.1, 0.15) is 21.6 Å². The summed E-state index contributed by atoms with van der Waals surface area (Å²) in [4.78, 5) is 29.3. The first-order valence-corrected chi connectivity index (χ1v) is 9.24. The van der Waals surface area contributed by atoms with Crippen molar-refractivity contribution in [1.82, 2.24) is 9.55 Å². The molecule has 29 heavy (non-hydrogen) atoms. The van der Waals surface area contributed by atoms with Crippen molar-refractivity contribution in [2.45, 2.75) is 6.42 Å². The molecule has 6 heteroatoms. The van der Waals surface area contributed by atoms with Gasteiger partial charge < -0.3 is 9.15 Å². The Morgan fingerprint density at radius 2 is 1.62 bits per heavy atom. The first kappa shape index (κ1) is 17.2. The van der Waals surface area contributed by atoms with Crippen LogP contribution in [0, 0.1) is 0 Å². The zero-order valence-corrected chi connectivity index (χ0v) is 15.4. The molecule has 0 aliphatic rings. The maximum atomic E-state index is 12.9. The molecule has 0 aliphatic heterocycles. The highest BCUT2D eigenvalue weighted by molar-refractivity contribution is 6.13. The highest BCUT2D eigenvalue weighted by Crippen LogP contribution is 2.28. The van der Waals surface area contributed by atoms with E-state index < -0.39 is 5.97 Å². The Morgan fingerprint density at radius 1 is 0.931 bits per heavy atom. The lowest BCUT2D eigenvalue weighted by molar-refractivity contribution is 0.0490. The van der Waals surface area contributed by atoms with Gasteiger partial charge in [0, 0.05) is 10.8 Å². The Morgan fingerprint density at radius 3 is 2.34 bits per heavy atom. The predicted molar refractivity (Wildman–Crippen MR) is 109 cm³/mol. The number of carbonyl (C=O) groups excluding carboxylic acids is 2. The third-order valence-corrected chi connectivity index (χ3v) is 4.95. The smallest absolute Gasteiger partial charge is 0.338 e. The second-order valence-corrected chi connectivity index (χ2v) is 6.68. The van der Waals surface area contributed by atoms with E-state index in [-0.39, 0.29) is 18.9 Å². The molecule has 5 aromatic rings. The van der Waals surface area contributed by atoms with Crippen LogP contribution in [0.25, 0.3) is 32.9 Å². The molecule has 0 N–H and O–H groups in total. The Hall–Kier alpha value is -3.93. The lowest BCUT2D eigenvalue weighted by atomic mass is 10.2. The van der Waals surface area contributed by atoms with Gasteiger partial charge in [0.1, 0.15) is 12.1 Å². The topological polar surface area (TPSA) is 74.3 Å². The average Bonchev–Trinajstić information content (AvgIpc) is 3.35. The van der Waals surface area contributed by atoms with Gasteiger partial charge in [0.25, 0.3) is 0 Å². The second kappa shape index (κ2) is 6.91. The van der Waals surface area contributed by atoms with Gasteiger partial charge in [-0.05, 0) is 30.3 Å². The maximum absolute atomic E-state index is 12.9. The molecule has 0 saturated carbocycles. The molecule has 2 aromatic heterocycles. The number of hydrogen-bond donors (Lipinski definition) is 0. The monoisotopic (exact) mass is 384 g/mol. The van der Waals surface area contributed by atoms with Gasteiger partial charge in [-0.3, -0.25) is 9.36 Å². The van der Waals surface area contributed by atoms with Crippen LogP contribution in [0.4, 0.5) is 0 Å². The first-order chi connectivity index (χ1) is 14.2. The van der Waals surface area contributed by atoms with E-state index in [4.69, 9.17) is 9.15 Å². The summed E-state index contributed by atoms with van der Waals surface area (Å²) in [6, 6.07) is 20.5. The van der Waals surface area contributed by atoms with Crippen LogP contribution in [0.2, 0.25) is 0 Å². The van der Waals surface area contributed by atoms with Crippen LogP contribution in [-0.2, 0) is 4.74 Å². The Labute approximate surface area is 165 Å². The minimum atomic E-state index is -0.502. The van der Waals surface area contributed by atoms with Gasteiger partial charge in [-0.15, -0.1) is 0 Å². The molecule has 5 rings (SSSR count). The molecule has 0 amide bonds. The number of fused-ring (bicyclic) bond motifs is 4. The second-order valence-electron chi connectivity index (χ2n) is 6.68.